The van der Waals surface area contributed by atoms with E-state index in [9.17, 15) is 4.79 Å². The van der Waals surface area contributed by atoms with Crippen LogP contribution in [-0.2, 0) is 4.74 Å². The van der Waals surface area contributed by atoms with Gasteiger partial charge >= 0.3 is 11.6 Å². The van der Waals surface area contributed by atoms with E-state index in [0.29, 0.717) is 23.6 Å². The van der Waals surface area contributed by atoms with E-state index in [1.807, 2.05) is 12.3 Å². The maximum Gasteiger partial charge on any atom is 0.382 e. The Hall–Kier alpha value is -2.04. The van der Waals surface area contributed by atoms with E-state index in [1.54, 1.807) is 23.6 Å². The molecule has 0 radical (unpaired) electrons. The number of hydrogen-bond donors (Lipinski definition) is 2. The number of anilines is 1. The number of nitrogens with zero attached hydrogens (tertiary/aromatic N) is 1. The Morgan fingerprint density at radius 2 is 2.47 bits per heavy atom. The molecule has 78 valence electrons. The molecule has 2 aromatic heterocycles. The van der Waals surface area contributed by atoms with E-state index < -0.39 is 0 Å². The average molecular weight is 206 g/mol. The van der Waals surface area contributed by atoms with Crippen molar-refractivity contribution in [3.63, 3.8) is 0 Å². The number of hydrogen-bond acceptors (Lipinski definition) is 3. The number of carbonyl (C=O) groups excluding carboxylic acids is 1. The van der Waals surface area contributed by atoms with Gasteiger partial charge in [-0.2, -0.15) is 0 Å². The number of ether oxygens (including phenoxy) is 1. The van der Waals surface area contributed by atoms with E-state index in [4.69, 9.17) is 10.5 Å². The highest BCUT2D eigenvalue weighted by atomic mass is 16.5. The largest absolute Gasteiger partial charge is 0.460 e. The molecule has 0 atom stereocenters. The van der Waals surface area contributed by atoms with Gasteiger partial charge in [0, 0.05) is 0 Å². The Morgan fingerprint density at radius 1 is 1.67 bits per heavy atom. The van der Waals surface area contributed by atoms with Crippen LogP contribution in [0.3, 0.4) is 0 Å². The number of imidazole rings is 1. The lowest BCUT2D eigenvalue weighted by Gasteiger charge is -1.93. The van der Waals surface area contributed by atoms with Crippen molar-refractivity contribution in [3.05, 3.63) is 30.2 Å². The van der Waals surface area contributed by atoms with Crippen molar-refractivity contribution in [1.29, 1.82) is 0 Å². The van der Waals surface area contributed by atoms with Gasteiger partial charge in [-0.3, -0.25) is 0 Å². The maximum absolute atomic E-state index is 11.4. The third-order valence-corrected chi connectivity index (χ3v) is 2.07. The molecule has 2 aromatic rings. The summed E-state index contributed by atoms with van der Waals surface area (Å²) in [6.07, 6.45) is 3.47. The maximum atomic E-state index is 11.4. The highest BCUT2D eigenvalue weighted by Gasteiger charge is 2.18. The van der Waals surface area contributed by atoms with Crippen molar-refractivity contribution >= 4 is 17.3 Å². The highest BCUT2D eigenvalue weighted by molar-refractivity contribution is 5.87. The molecule has 0 spiro atoms. The zero-order valence-corrected chi connectivity index (χ0v) is 8.36. The lowest BCUT2D eigenvalue weighted by atomic mass is 10.4. The van der Waals surface area contributed by atoms with Crippen molar-refractivity contribution in [2.24, 2.45) is 0 Å². The van der Waals surface area contributed by atoms with Crippen molar-refractivity contribution < 1.29 is 13.9 Å². The van der Waals surface area contributed by atoms with Gasteiger partial charge in [0.1, 0.15) is 5.69 Å². The summed E-state index contributed by atoms with van der Waals surface area (Å²) in [6.45, 7) is 2.12. The summed E-state index contributed by atoms with van der Waals surface area (Å²) in [5.74, 6) is -0.374. The molecular weight excluding hydrogens is 194 g/mol. The molecular formula is C10H12N3O2+. The van der Waals surface area contributed by atoms with Gasteiger partial charge in [-0.15, -0.1) is 0 Å². The third kappa shape index (κ3) is 1.63. The quantitative estimate of drug-likeness (QED) is 0.555. The lowest BCUT2D eigenvalue weighted by Crippen LogP contribution is -2.18. The number of pyridine rings is 1. The molecule has 3 N–H and O–H groups in total. The van der Waals surface area contributed by atoms with Gasteiger partial charge in [0.25, 0.3) is 5.69 Å². The van der Waals surface area contributed by atoms with Crippen molar-refractivity contribution in [2.75, 3.05) is 12.3 Å². The number of nitrogen functional groups attached to an aromatic ring is 1. The van der Waals surface area contributed by atoms with Crippen LogP contribution in [-0.4, -0.2) is 17.6 Å². The van der Waals surface area contributed by atoms with Crippen LogP contribution in [0.25, 0.3) is 5.65 Å². The molecule has 0 unspecified atom stereocenters. The standard InChI is InChI=1S/C10H11N3O2/c1-2-15-10(14)8-6-13-5-3-4-7(11)9(13)12-8/h3-6H,2,11H2,1H3/p+1. The zero-order valence-electron chi connectivity index (χ0n) is 8.36. The Kier molecular flexibility index (Phi) is 2.29. The molecule has 2 rings (SSSR count). The molecule has 2 heterocycles. The van der Waals surface area contributed by atoms with Crippen LogP contribution in [0.2, 0.25) is 0 Å². The minimum atomic E-state index is -0.374. The number of nitrogens with one attached hydrogen (secondary N) is 1. The second-order valence-electron chi connectivity index (χ2n) is 3.11. The topological polar surface area (TPSA) is 72.2 Å². The summed E-state index contributed by atoms with van der Waals surface area (Å²) in [7, 11) is 0. The fourth-order valence-corrected chi connectivity index (χ4v) is 1.40. The molecule has 0 aliphatic heterocycles. The Labute approximate surface area is 86.5 Å². The van der Waals surface area contributed by atoms with Crippen LogP contribution < -0.4 is 10.1 Å². The number of rotatable bonds is 2. The minimum absolute atomic E-state index is 0.356. The number of aromatic nitrogens is 2. The molecule has 0 aromatic carbocycles. The van der Waals surface area contributed by atoms with Gasteiger partial charge < -0.3 is 10.5 Å². The normalized spacial score (nSPS) is 10.5. The van der Waals surface area contributed by atoms with E-state index in [0.717, 1.165) is 0 Å². The highest BCUT2D eigenvalue weighted by Crippen LogP contribution is 2.07. The SMILES string of the molecule is CCOC(=O)c1c[n+]2cccc(N)c2[nH]1. The number of esters is 1. The Bertz CT molecular complexity index is 504. The predicted molar refractivity (Wildman–Crippen MR) is 54.3 cm³/mol. The fraction of sp³-hybridized carbons (Fsp3) is 0.200. The summed E-state index contributed by atoms with van der Waals surface area (Å²) in [4.78, 5) is 14.3. The van der Waals surface area contributed by atoms with E-state index in [2.05, 4.69) is 4.98 Å². The second kappa shape index (κ2) is 3.61. The van der Waals surface area contributed by atoms with Crippen LogP contribution in [0, 0.1) is 0 Å². The zero-order chi connectivity index (χ0) is 10.8. The average Bonchev–Trinajstić information content (AvgIpc) is 2.63. The number of carbonyl (C=O) groups is 1. The van der Waals surface area contributed by atoms with Crippen molar-refractivity contribution in [1.82, 2.24) is 4.98 Å². The first kappa shape index (κ1) is 9.51. The number of aromatic amines is 1. The molecule has 0 amide bonds. The molecule has 0 bridgehead atoms. The summed E-state index contributed by atoms with van der Waals surface area (Å²) in [5.41, 5.74) is 7.42. The predicted octanol–water partition coefficient (Wildman–Crippen LogP) is 0.512. The monoisotopic (exact) mass is 206 g/mol. The molecule has 0 aliphatic rings. The number of nitrogens with two attached hydrogens (primary N) is 1. The van der Waals surface area contributed by atoms with E-state index in [-0.39, 0.29) is 5.97 Å². The van der Waals surface area contributed by atoms with Crippen LogP contribution in [0.5, 0.6) is 0 Å². The van der Waals surface area contributed by atoms with Crippen molar-refractivity contribution in [2.45, 2.75) is 6.92 Å². The van der Waals surface area contributed by atoms with E-state index >= 15 is 0 Å². The van der Waals surface area contributed by atoms with Gasteiger partial charge in [0.15, 0.2) is 6.20 Å². The first-order valence-electron chi connectivity index (χ1n) is 4.68. The Balaban J connectivity index is 2.47. The van der Waals surface area contributed by atoms with Gasteiger partial charge in [-0.25, -0.2) is 14.2 Å². The summed E-state index contributed by atoms with van der Waals surface area (Å²) in [6, 6.07) is 3.58. The lowest BCUT2D eigenvalue weighted by molar-refractivity contribution is -0.509. The number of H-pyrrole nitrogens is 1. The molecule has 0 saturated heterocycles. The minimum Gasteiger partial charge on any atom is -0.460 e. The summed E-state index contributed by atoms with van der Waals surface area (Å²) in [5, 5.41) is 0. The molecule has 0 aliphatic carbocycles. The molecule has 15 heavy (non-hydrogen) atoms. The van der Waals surface area contributed by atoms with Gasteiger partial charge in [0.2, 0.25) is 0 Å². The second-order valence-corrected chi connectivity index (χ2v) is 3.11. The van der Waals surface area contributed by atoms with Gasteiger partial charge in [0.05, 0.1) is 12.8 Å². The molecule has 5 heteroatoms. The number of fused-ring (bicyclic) bond motifs is 1. The van der Waals surface area contributed by atoms with Crippen LogP contribution >= 0.6 is 0 Å². The molecule has 0 saturated carbocycles. The first-order chi connectivity index (χ1) is 7.22. The molecule has 0 fully saturated rings. The summed E-state index contributed by atoms with van der Waals surface area (Å²) >= 11 is 0. The van der Waals surface area contributed by atoms with E-state index in [1.165, 1.54) is 0 Å². The van der Waals surface area contributed by atoms with Crippen molar-refractivity contribution in [3.8, 4) is 0 Å². The summed E-state index contributed by atoms with van der Waals surface area (Å²) < 4.78 is 6.62. The smallest absolute Gasteiger partial charge is 0.382 e. The Morgan fingerprint density at radius 3 is 3.13 bits per heavy atom. The van der Waals surface area contributed by atoms with Gasteiger partial charge in [-0.05, 0) is 19.1 Å². The van der Waals surface area contributed by atoms with Crippen LogP contribution in [0.1, 0.15) is 17.4 Å². The van der Waals surface area contributed by atoms with Gasteiger partial charge in [-0.1, -0.05) is 0 Å². The first-order valence-corrected chi connectivity index (χ1v) is 4.68. The van der Waals surface area contributed by atoms with Crippen LogP contribution in [0.4, 0.5) is 5.69 Å². The van der Waals surface area contributed by atoms with Crippen LogP contribution in [0.15, 0.2) is 24.5 Å². The fourth-order valence-electron chi connectivity index (χ4n) is 1.40. The molecule has 5 nitrogen and oxygen atoms in total. The third-order valence-electron chi connectivity index (χ3n) is 2.07.